The van der Waals surface area contributed by atoms with Crippen molar-refractivity contribution in [1.29, 1.82) is 0 Å². The van der Waals surface area contributed by atoms with Crippen molar-refractivity contribution in [3.63, 3.8) is 0 Å². The average molecular weight is 442 g/mol. The van der Waals surface area contributed by atoms with Crippen molar-refractivity contribution in [3.05, 3.63) is 76.2 Å². The van der Waals surface area contributed by atoms with E-state index in [1.807, 2.05) is 0 Å². The quantitative estimate of drug-likeness (QED) is 0.549. The normalized spacial score (nSPS) is 16.4. The maximum atomic E-state index is 13.4. The molecule has 1 unspecified atom stereocenters. The first-order valence-corrected chi connectivity index (χ1v) is 9.93. The van der Waals surface area contributed by atoms with Gasteiger partial charge in [0, 0.05) is 24.1 Å². The minimum absolute atomic E-state index is 0.0127. The molecule has 8 heteroatoms. The Hall–Kier alpha value is -3.29. The molecule has 2 heterocycles. The Morgan fingerprint density at radius 1 is 1.16 bits per heavy atom. The fourth-order valence-electron chi connectivity index (χ4n) is 3.70. The van der Waals surface area contributed by atoms with Crippen molar-refractivity contribution in [2.24, 2.45) is 0 Å². The number of nitrogens with zero attached hydrogens (tertiary/aromatic N) is 1. The van der Waals surface area contributed by atoms with Gasteiger partial charge in [-0.3, -0.25) is 9.59 Å². The van der Waals surface area contributed by atoms with Crippen LogP contribution < -0.4 is 4.74 Å². The number of amides is 1. The van der Waals surface area contributed by atoms with Gasteiger partial charge in [-0.15, -0.1) is 0 Å². The molecule has 0 spiro atoms. The zero-order valence-corrected chi connectivity index (χ0v) is 17.7. The molecule has 160 valence electrons. The number of fused-ring (bicyclic) bond motifs is 1. The molecule has 31 heavy (non-hydrogen) atoms. The first kappa shape index (κ1) is 21.0. The van der Waals surface area contributed by atoms with E-state index < -0.39 is 23.5 Å². The van der Waals surface area contributed by atoms with Gasteiger partial charge in [-0.1, -0.05) is 23.7 Å². The molecule has 1 aliphatic heterocycles. The Morgan fingerprint density at radius 2 is 1.90 bits per heavy atom. The molecule has 1 amide bonds. The highest BCUT2D eigenvalue weighted by Gasteiger charge is 2.44. The molecular formula is C23H20ClNO6. The summed E-state index contributed by atoms with van der Waals surface area (Å²) in [6.45, 7) is 0.443. The summed E-state index contributed by atoms with van der Waals surface area (Å²) < 4.78 is 16.0. The van der Waals surface area contributed by atoms with Crippen LogP contribution in [0.25, 0.3) is 11.0 Å². The van der Waals surface area contributed by atoms with Crippen molar-refractivity contribution in [2.75, 3.05) is 27.4 Å². The third-order valence-corrected chi connectivity index (χ3v) is 5.45. The highest BCUT2D eigenvalue weighted by atomic mass is 35.5. The molecule has 1 aliphatic rings. The van der Waals surface area contributed by atoms with Gasteiger partial charge in [-0.05, 0) is 42.0 Å². The maximum absolute atomic E-state index is 13.4. The van der Waals surface area contributed by atoms with Crippen LogP contribution in [0.1, 0.15) is 22.2 Å². The van der Waals surface area contributed by atoms with Gasteiger partial charge in [0.2, 0.25) is 5.78 Å². The lowest BCUT2D eigenvalue weighted by atomic mass is 9.95. The van der Waals surface area contributed by atoms with Crippen LogP contribution in [0.4, 0.5) is 0 Å². The number of ether oxygens (including phenoxy) is 2. The van der Waals surface area contributed by atoms with E-state index >= 15 is 0 Å². The van der Waals surface area contributed by atoms with E-state index in [0.717, 1.165) is 0 Å². The number of rotatable bonds is 7. The molecule has 1 atom stereocenters. The van der Waals surface area contributed by atoms with Gasteiger partial charge in [0.15, 0.2) is 11.5 Å². The first-order valence-electron chi connectivity index (χ1n) is 9.55. The SMILES string of the molecule is COCCN1C(=O)C(O)=C(C(=O)c2cc3cc(Cl)ccc3o2)C1c1ccc(OC)cc1. The topological polar surface area (TPSA) is 89.2 Å². The van der Waals surface area contributed by atoms with Gasteiger partial charge in [0.05, 0.1) is 25.3 Å². The van der Waals surface area contributed by atoms with Crippen molar-refractivity contribution in [3.8, 4) is 5.75 Å². The number of Topliss-reactive ketones (excluding diaryl/α,β-unsaturated/α-hetero) is 1. The lowest BCUT2D eigenvalue weighted by molar-refractivity contribution is -0.130. The Labute approximate surface area is 183 Å². The minimum Gasteiger partial charge on any atom is -0.503 e. The standard InChI is InChI=1S/C23H20ClNO6/c1-29-10-9-25-20(13-3-6-16(30-2)7-4-13)19(22(27)23(25)28)21(26)18-12-14-11-15(24)5-8-17(14)31-18/h3-8,11-12,20,27H,9-10H2,1-2H3. The molecule has 0 saturated heterocycles. The van der Waals surface area contributed by atoms with Crippen LogP contribution in [-0.4, -0.2) is 49.1 Å². The summed E-state index contributed by atoms with van der Waals surface area (Å²) in [7, 11) is 3.06. The lowest BCUT2D eigenvalue weighted by Crippen LogP contribution is -2.33. The fraction of sp³-hybridized carbons (Fsp3) is 0.217. The number of ketones is 1. The number of hydrogen-bond donors (Lipinski definition) is 1. The number of benzene rings is 2. The Kier molecular flexibility index (Phi) is 5.71. The number of hydrogen-bond acceptors (Lipinski definition) is 6. The van der Waals surface area contributed by atoms with Gasteiger partial charge in [-0.2, -0.15) is 0 Å². The van der Waals surface area contributed by atoms with Gasteiger partial charge in [-0.25, -0.2) is 0 Å². The molecule has 0 aliphatic carbocycles. The number of halogens is 1. The van der Waals surface area contributed by atoms with E-state index in [1.54, 1.807) is 55.6 Å². The van der Waals surface area contributed by atoms with Gasteiger partial charge in [0.25, 0.3) is 5.91 Å². The van der Waals surface area contributed by atoms with E-state index in [4.69, 9.17) is 25.5 Å². The van der Waals surface area contributed by atoms with Crippen LogP contribution in [0.2, 0.25) is 5.02 Å². The average Bonchev–Trinajstić information content (AvgIpc) is 3.30. The molecule has 1 N–H and O–H groups in total. The van der Waals surface area contributed by atoms with Crippen LogP contribution in [0.15, 0.2) is 64.3 Å². The van der Waals surface area contributed by atoms with E-state index in [2.05, 4.69) is 0 Å². The lowest BCUT2D eigenvalue weighted by Gasteiger charge is -2.26. The molecule has 1 aromatic heterocycles. The number of carbonyl (C=O) groups is 2. The Morgan fingerprint density at radius 3 is 2.58 bits per heavy atom. The second kappa shape index (κ2) is 8.45. The van der Waals surface area contributed by atoms with Crippen molar-refractivity contribution in [1.82, 2.24) is 4.90 Å². The summed E-state index contributed by atoms with van der Waals surface area (Å²) >= 11 is 6.02. The van der Waals surface area contributed by atoms with E-state index in [0.29, 0.717) is 27.3 Å². The first-order chi connectivity index (χ1) is 14.9. The van der Waals surface area contributed by atoms with Crippen LogP contribution >= 0.6 is 11.6 Å². The summed E-state index contributed by atoms with van der Waals surface area (Å²) in [6, 6.07) is 12.7. The molecule has 0 bridgehead atoms. The Balaban J connectivity index is 1.78. The summed E-state index contributed by atoms with van der Waals surface area (Å²) in [5.74, 6) is -1.16. The number of methoxy groups -OCH3 is 2. The van der Waals surface area contributed by atoms with Crippen LogP contribution in [-0.2, 0) is 9.53 Å². The predicted octanol–water partition coefficient (Wildman–Crippen LogP) is 4.32. The maximum Gasteiger partial charge on any atom is 0.290 e. The predicted molar refractivity (Wildman–Crippen MR) is 115 cm³/mol. The number of carbonyl (C=O) groups excluding carboxylic acids is 2. The summed E-state index contributed by atoms with van der Waals surface area (Å²) in [5, 5.41) is 11.8. The van der Waals surface area contributed by atoms with E-state index in [1.165, 1.54) is 12.0 Å². The molecule has 2 aromatic carbocycles. The second-order valence-corrected chi connectivity index (χ2v) is 7.49. The molecule has 0 radical (unpaired) electrons. The van der Waals surface area contributed by atoms with Gasteiger partial charge >= 0.3 is 0 Å². The number of furan rings is 1. The number of aliphatic hydroxyl groups is 1. The monoisotopic (exact) mass is 441 g/mol. The van der Waals surface area contributed by atoms with E-state index in [-0.39, 0.29) is 24.5 Å². The van der Waals surface area contributed by atoms with Crippen LogP contribution in [0, 0.1) is 0 Å². The summed E-state index contributed by atoms with van der Waals surface area (Å²) in [4.78, 5) is 27.6. The highest BCUT2D eigenvalue weighted by Crippen LogP contribution is 2.40. The summed E-state index contributed by atoms with van der Waals surface area (Å²) in [6.07, 6.45) is 0. The zero-order chi connectivity index (χ0) is 22.1. The largest absolute Gasteiger partial charge is 0.503 e. The molecule has 0 fully saturated rings. The molecular weight excluding hydrogens is 422 g/mol. The molecule has 3 aromatic rings. The smallest absolute Gasteiger partial charge is 0.290 e. The van der Waals surface area contributed by atoms with Crippen molar-refractivity contribution >= 4 is 34.3 Å². The van der Waals surface area contributed by atoms with Crippen molar-refractivity contribution in [2.45, 2.75) is 6.04 Å². The van der Waals surface area contributed by atoms with Gasteiger partial charge in [0.1, 0.15) is 11.3 Å². The van der Waals surface area contributed by atoms with Crippen LogP contribution in [0.3, 0.4) is 0 Å². The number of aliphatic hydroxyl groups excluding tert-OH is 1. The third-order valence-electron chi connectivity index (χ3n) is 5.22. The van der Waals surface area contributed by atoms with Crippen LogP contribution in [0.5, 0.6) is 5.75 Å². The molecule has 7 nitrogen and oxygen atoms in total. The fourth-order valence-corrected chi connectivity index (χ4v) is 3.88. The van der Waals surface area contributed by atoms with Gasteiger partial charge < -0.3 is 23.9 Å². The molecule has 0 saturated carbocycles. The minimum atomic E-state index is -0.794. The van der Waals surface area contributed by atoms with E-state index in [9.17, 15) is 14.7 Å². The zero-order valence-electron chi connectivity index (χ0n) is 16.9. The highest BCUT2D eigenvalue weighted by molar-refractivity contribution is 6.31. The Bertz CT molecular complexity index is 1180. The second-order valence-electron chi connectivity index (χ2n) is 7.05. The third kappa shape index (κ3) is 3.78. The summed E-state index contributed by atoms with van der Waals surface area (Å²) in [5.41, 5.74) is 1.09. The molecule has 4 rings (SSSR count). The van der Waals surface area contributed by atoms with Crippen molar-refractivity contribution < 1.29 is 28.6 Å².